The molecule has 1 aromatic heterocycles. The molecule has 3 amide bonds. The molecule has 0 fully saturated rings. The molecule has 0 unspecified atom stereocenters. The summed E-state index contributed by atoms with van der Waals surface area (Å²) in [6.45, 7) is 1.93. The van der Waals surface area contributed by atoms with Crippen molar-refractivity contribution in [1.82, 2.24) is 4.98 Å². The van der Waals surface area contributed by atoms with Gasteiger partial charge < -0.3 is 16.0 Å². The SMILES string of the molecule is Cc1ccc(NC(=O)Nc2ccc3nc(SCC(=O)Nc4ccccc4)sc3c2)c(Cl)c1. The fourth-order valence-electron chi connectivity index (χ4n) is 2.89. The number of fused-ring (bicyclic) bond motifs is 1. The zero-order valence-electron chi connectivity index (χ0n) is 17.0. The van der Waals surface area contributed by atoms with Crippen molar-refractivity contribution in [2.75, 3.05) is 21.7 Å². The van der Waals surface area contributed by atoms with Gasteiger partial charge in [0.2, 0.25) is 5.91 Å². The molecule has 0 aliphatic heterocycles. The van der Waals surface area contributed by atoms with Gasteiger partial charge in [0, 0.05) is 11.4 Å². The zero-order valence-corrected chi connectivity index (χ0v) is 19.4. The molecule has 9 heteroatoms. The van der Waals surface area contributed by atoms with Crippen LogP contribution >= 0.6 is 34.7 Å². The highest BCUT2D eigenvalue weighted by Gasteiger charge is 2.11. The van der Waals surface area contributed by atoms with E-state index in [1.54, 1.807) is 18.2 Å². The van der Waals surface area contributed by atoms with Crippen molar-refractivity contribution in [3.63, 3.8) is 0 Å². The number of thioether (sulfide) groups is 1. The van der Waals surface area contributed by atoms with E-state index in [0.717, 1.165) is 25.8 Å². The van der Waals surface area contributed by atoms with E-state index >= 15 is 0 Å². The molecule has 0 spiro atoms. The van der Waals surface area contributed by atoms with Gasteiger partial charge in [0.15, 0.2) is 4.34 Å². The van der Waals surface area contributed by atoms with E-state index in [1.165, 1.54) is 23.1 Å². The van der Waals surface area contributed by atoms with Gasteiger partial charge in [-0.05, 0) is 55.0 Å². The molecule has 0 atom stereocenters. The average Bonchev–Trinajstić information content (AvgIpc) is 3.17. The van der Waals surface area contributed by atoms with E-state index in [0.29, 0.717) is 16.4 Å². The van der Waals surface area contributed by atoms with E-state index in [4.69, 9.17) is 11.6 Å². The second-order valence-corrected chi connectivity index (χ2v) is 9.59. The highest BCUT2D eigenvalue weighted by Crippen LogP contribution is 2.31. The Balaban J connectivity index is 1.36. The fraction of sp³-hybridized carbons (Fsp3) is 0.0870. The summed E-state index contributed by atoms with van der Waals surface area (Å²) in [7, 11) is 0. The van der Waals surface area contributed by atoms with Crippen molar-refractivity contribution >= 4 is 73.9 Å². The molecule has 3 N–H and O–H groups in total. The lowest BCUT2D eigenvalue weighted by Crippen LogP contribution is -2.19. The minimum absolute atomic E-state index is 0.0887. The van der Waals surface area contributed by atoms with Crippen LogP contribution in [0.1, 0.15) is 5.56 Å². The highest BCUT2D eigenvalue weighted by atomic mass is 35.5. The van der Waals surface area contributed by atoms with Gasteiger partial charge in [0.1, 0.15) is 0 Å². The topological polar surface area (TPSA) is 83.1 Å². The number of carbonyl (C=O) groups is 2. The van der Waals surface area contributed by atoms with E-state index in [1.807, 2.05) is 55.5 Å². The van der Waals surface area contributed by atoms with Crippen LogP contribution in [0.5, 0.6) is 0 Å². The predicted octanol–water partition coefficient (Wildman–Crippen LogP) is 6.63. The lowest BCUT2D eigenvalue weighted by Gasteiger charge is -2.09. The van der Waals surface area contributed by atoms with Crippen LogP contribution in [0.3, 0.4) is 0 Å². The number of urea groups is 1. The van der Waals surface area contributed by atoms with Crippen molar-refractivity contribution < 1.29 is 9.59 Å². The molecular weight excluding hydrogens is 464 g/mol. The number of benzene rings is 3. The molecule has 4 rings (SSSR count). The van der Waals surface area contributed by atoms with Crippen molar-refractivity contribution in [2.45, 2.75) is 11.3 Å². The van der Waals surface area contributed by atoms with E-state index in [-0.39, 0.29) is 17.7 Å². The van der Waals surface area contributed by atoms with Crippen LogP contribution in [0, 0.1) is 6.92 Å². The molecule has 0 aliphatic rings. The minimum atomic E-state index is -0.383. The third kappa shape index (κ3) is 5.79. The molecule has 3 aromatic carbocycles. The van der Waals surface area contributed by atoms with E-state index in [2.05, 4.69) is 20.9 Å². The molecular formula is C23H19ClN4O2S2. The molecule has 0 radical (unpaired) electrons. The average molecular weight is 483 g/mol. The summed E-state index contributed by atoms with van der Waals surface area (Å²) >= 11 is 9.03. The lowest BCUT2D eigenvalue weighted by atomic mass is 10.2. The molecule has 162 valence electrons. The molecule has 0 bridgehead atoms. The summed E-state index contributed by atoms with van der Waals surface area (Å²) in [4.78, 5) is 29.1. The molecule has 0 aliphatic carbocycles. The third-order valence-corrected chi connectivity index (χ3v) is 6.86. The molecule has 1 heterocycles. The second-order valence-electron chi connectivity index (χ2n) is 6.93. The van der Waals surface area contributed by atoms with Gasteiger partial charge in [0.05, 0.1) is 26.7 Å². The fourth-order valence-corrected chi connectivity index (χ4v) is 5.09. The van der Waals surface area contributed by atoms with Gasteiger partial charge in [-0.15, -0.1) is 11.3 Å². The first kappa shape index (κ1) is 22.1. The quantitative estimate of drug-likeness (QED) is 0.269. The van der Waals surface area contributed by atoms with E-state index in [9.17, 15) is 9.59 Å². The molecule has 4 aromatic rings. The van der Waals surface area contributed by atoms with Crippen LogP contribution in [0.4, 0.5) is 21.9 Å². The Morgan fingerprint density at radius 2 is 1.78 bits per heavy atom. The summed E-state index contributed by atoms with van der Waals surface area (Å²) in [5.41, 5.74) is 3.78. The first-order valence-corrected chi connectivity index (χ1v) is 11.9. The monoisotopic (exact) mass is 482 g/mol. The number of para-hydroxylation sites is 1. The van der Waals surface area contributed by atoms with Crippen LogP contribution in [-0.4, -0.2) is 22.7 Å². The van der Waals surface area contributed by atoms with Gasteiger partial charge in [0.25, 0.3) is 0 Å². The number of nitrogens with zero attached hydrogens (tertiary/aromatic N) is 1. The van der Waals surface area contributed by atoms with Crippen molar-refractivity contribution in [1.29, 1.82) is 0 Å². The first-order valence-electron chi connectivity index (χ1n) is 9.69. The Labute approximate surface area is 198 Å². The number of anilines is 3. The summed E-state index contributed by atoms with van der Waals surface area (Å²) in [6, 6.07) is 19.9. The van der Waals surface area contributed by atoms with Crippen LogP contribution in [0.15, 0.2) is 71.1 Å². The van der Waals surface area contributed by atoms with Crippen LogP contribution in [-0.2, 0) is 4.79 Å². The number of hydrogen-bond donors (Lipinski definition) is 3. The number of rotatable bonds is 6. The maximum Gasteiger partial charge on any atom is 0.323 e. The second kappa shape index (κ2) is 10.0. The molecule has 32 heavy (non-hydrogen) atoms. The predicted molar refractivity (Wildman–Crippen MR) is 134 cm³/mol. The summed E-state index contributed by atoms with van der Waals surface area (Å²) in [6.07, 6.45) is 0. The molecule has 0 saturated heterocycles. The zero-order chi connectivity index (χ0) is 22.5. The van der Waals surface area contributed by atoms with Crippen molar-refractivity contribution in [3.8, 4) is 0 Å². The van der Waals surface area contributed by atoms with Crippen LogP contribution in [0.2, 0.25) is 5.02 Å². The Morgan fingerprint density at radius 3 is 2.56 bits per heavy atom. The Hall–Kier alpha value is -3.07. The number of thiazole rings is 1. The van der Waals surface area contributed by atoms with Crippen LogP contribution in [0.25, 0.3) is 10.2 Å². The van der Waals surface area contributed by atoms with Gasteiger partial charge in [-0.3, -0.25) is 4.79 Å². The number of hydrogen-bond acceptors (Lipinski definition) is 5. The maximum absolute atomic E-state index is 12.3. The van der Waals surface area contributed by atoms with Gasteiger partial charge in [-0.1, -0.05) is 47.6 Å². The Morgan fingerprint density at radius 1 is 0.969 bits per heavy atom. The summed E-state index contributed by atoms with van der Waals surface area (Å²) in [5.74, 6) is 0.175. The number of nitrogens with one attached hydrogen (secondary N) is 3. The van der Waals surface area contributed by atoms with E-state index < -0.39 is 0 Å². The summed E-state index contributed by atoms with van der Waals surface area (Å²) in [5, 5.41) is 8.90. The number of aromatic nitrogens is 1. The Bertz CT molecular complexity index is 1280. The number of halogens is 1. The lowest BCUT2D eigenvalue weighted by molar-refractivity contribution is -0.113. The third-order valence-electron chi connectivity index (χ3n) is 4.38. The normalized spacial score (nSPS) is 10.7. The number of amides is 3. The maximum atomic E-state index is 12.3. The van der Waals surface area contributed by atoms with Gasteiger partial charge in [-0.2, -0.15) is 0 Å². The number of aryl methyl sites for hydroxylation is 1. The first-order chi connectivity index (χ1) is 15.5. The summed E-state index contributed by atoms with van der Waals surface area (Å²) < 4.78 is 1.71. The van der Waals surface area contributed by atoms with Crippen molar-refractivity contribution in [2.24, 2.45) is 0 Å². The smallest absolute Gasteiger partial charge is 0.323 e. The number of carbonyl (C=O) groups excluding carboxylic acids is 2. The Kier molecular flexibility index (Phi) is 6.94. The minimum Gasteiger partial charge on any atom is -0.325 e. The molecule has 6 nitrogen and oxygen atoms in total. The standard InChI is InChI=1S/C23H19ClN4O2S2/c1-14-7-9-18(17(24)11-14)27-22(30)26-16-8-10-19-20(12-16)32-23(28-19)31-13-21(29)25-15-5-3-2-4-6-15/h2-12H,13H2,1H3,(H,25,29)(H2,26,27,30). The largest absolute Gasteiger partial charge is 0.325 e. The highest BCUT2D eigenvalue weighted by molar-refractivity contribution is 8.01. The van der Waals surface area contributed by atoms with Gasteiger partial charge >= 0.3 is 6.03 Å². The van der Waals surface area contributed by atoms with Crippen molar-refractivity contribution in [3.05, 3.63) is 77.3 Å². The van der Waals surface area contributed by atoms with Gasteiger partial charge in [-0.25, -0.2) is 9.78 Å². The molecule has 0 saturated carbocycles. The van der Waals surface area contributed by atoms with Crippen LogP contribution < -0.4 is 16.0 Å².